The molecular formula is C42H28N7NaO13S4. The Morgan fingerprint density at radius 3 is 1.51 bits per heavy atom. The summed E-state index contributed by atoms with van der Waals surface area (Å²) >= 11 is 0. The van der Waals surface area contributed by atoms with Gasteiger partial charge in [0.15, 0.2) is 5.75 Å². The molecule has 8 rings (SSSR count). The summed E-state index contributed by atoms with van der Waals surface area (Å²) in [5.74, 6) is -0.639. The SMILES string of the molecule is O=S(=O)([O-])c1ccc2c(N=Nc3c(S(=O)(=O)O)cc4cc(Nc5ccccc5)ccc4c3O)ccc(N=Nc3ccc(N=Nc4cccc(S(=O)(=O)O)c4)c4cc(S(=O)(=O)O)ccc34)c2c1.[Na+]. The second-order valence-electron chi connectivity index (χ2n) is 14.1. The van der Waals surface area contributed by atoms with Gasteiger partial charge in [-0.2, -0.15) is 30.4 Å². The van der Waals surface area contributed by atoms with Crippen LogP contribution in [-0.2, 0) is 40.5 Å². The van der Waals surface area contributed by atoms with Crippen LogP contribution in [0, 0.1) is 0 Å². The molecule has 0 spiro atoms. The van der Waals surface area contributed by atoms with Gasteiger partial charge in [0.25, 0.3) is 30.4 Å². The number of benzene rings is 8. The van der Waals surface area contributed by atoms with Gasteiger partial charge in [0, 0.05) is 38.3 Å². The van der Waals surface area contributed by atoms with Gasteiger partial charge in [0.2, 0.25) is 0 Å². The minimum atomic E-state index is -5.04. The maximum Gasteiger partial charge on any atom is 1.00 e. The second-order valence-corrected chi connectivity index (χ2v) is 19.7. The fraction of sp³-hybridized carbons (Fsp3) is 0. The van der Waals surface area contributed by atoms with Crippen LogP contribution in [0.25, 0.3) is 32.3 Å². The van der Waals surface area contributed by atoms with Crippen molar-refractivity contribution in [2.75, 3.05) is 5.32 Å². The number of fused-ring (bicyclic) bond motifs is 3. The van der Waals surface area contributed by atoms with Crippen molar-refractivity contribution in [3.05, 3.63) is 140 Å². The molecule has 0 unspecified atom stereocenters. The van der Waals surface area contributed by atoms with E-state index in [1.807, 2.05) is 18.2 Å². The van der Waals surface area contributed by atoms with Crippen LogP contribution in [0.5, 0.6) is 5.75 Å². The average molecular weight is 990 g/mol. The maximum absolute atomic E-state index is 12.7. The summed E-state index contributed by atoms with van der Waals surface area (Å²) in [5.41, 5.74) is 0.675. The smallest absolute Gasteiger partial charge is 0.744 e. The van der Waals surface area contributed by atoms with E-state index in [2.05, 4.69) is 36.0 Å². The normalized spacial score (nSPS) is 12.7. The van der Waals surface area contributed by atoms with E-state index in [0.717, 1.165) is 48.2 Å². The van der Waals surface area contributed by atoms with Crippen LogP contribution in [0.4, 0.5) is 45.5 Å². The van der Waals surface area contributed by atoms with Crippen LogP contribution < -0.4 is 34.9 Å². The van der Waals surface area contributed by atoms with Gasteiger partial charge in [-0.15, -0.1) is 25.6 Å². The van der Waals surface area contributed by atoms with Crippen molar-refractivity contribution in [1.29, 1.82) is 0 Å². The van der Waals surface area contributed by atoms with Gasteiger partial charge in [-0.3, -0.25) is 13.7 Å². The van der Waals surface area contributed by atoms with Crippen molar-refractivity contribution in [2.24, 2.45) is 30.7 Å². The first kappa shape index (κ1) is 48.5. The summed E-state index contributed by atoms with van der Waals surface area (Å²) in [5, 5.41) is 40.1. The molecule has 8 aromatic rings. The zero-order chi connectivity index (χ0) is 47.2. The molecule has 0 aliphatic rings. The van der Waals surface area contributed by atoms with Crippen molar-refractivity contribution >= 4 is 118 Å². The van der Waals surface area contributed by atoms with Gasteiger partial charge in [0.1, 0.15) is 20.7 Å². The van der Waals surface area contributed by atoms with Gasteiger partial charge in [-0.05, 0) is 109 Å². The Hall–Kier alpha value is -6.42. The van der Waals surface area contributed by atoms with E-state index in [1.165, 1.54) is 54.6 Å². The second kappa shape index (κ2) is 18.7. The first-order valence-corrected chi connectivity index (χ1v) is 24.4. The standard InChI is InChI=1S/C42H29N7O13S4.Na/c50-42-31-12-9-26(43-25-5-2-1-3-6-25)19-24(31)20-40(66(60,61)62)41(42)49-48-37-16-18-39(35-23-30(65(57,58)59)11-14-33(35)37)47-46-36-15-17-38(34-22-29(64(54,55)56)10-13-32(34)36)45-44-27-7-4-8-28(21-27)63(51,52)53;/h1-23,43,50H,(H,51,52,53)(H,54,55,56)(H,57,58,59)(H,60,61,62);/q;+1/p-1. The van der Waals surface area contributed by atoms with E-state index in [-0.39, 0.29) is 90.3 Å². The van der Waals surface area contributed by atoms with Crippen LogP contribution in [0.2, 0.25) is 0 Å². The minimum absolute atomic E-state index is 0. The van der Waals surface area contributed by atoms with E-state index in [4.69, 9.17) is 0 Å². The first-order valence-electron chi connectivity index (χ1n) is 18.6. The van der Waals surface area contributed by atoms with E-state index in [9.17, 15) is 57.0 Å². The van der Waals surface area contributed by atoms with Gasteiger partial charge < -0.3 is 15.0 Å². The van der Waals surface area contributed by atoms with Gasteiger partial charge in [-0.25, -0.2) is 8.42 Å². The molecule has 0 aliphatic carbocycles. The zero-order valence-corrected chi connectivity index (χ0v) is 39.3. The van der Waals surface area contributed by atoms with Gasteiger partial charge >= 0.3 is 29.6 Å². The molecule has 0 bridgehead atoms. The summed E-state index contributed by atoms with van der Waals surface area (Å²) in [6.45, 7) is 0. The third kappa shape index (κ3) is 10.7. The fourth-order valence-corrected chi connectivity index (χ4v) is 8.88. The van der Waals surface area contributed by atoms with E-state index in [0.29, 0.717) is 5.69 Å². The molecule has 0 aliphatic heterocycles. The number of para-hydroxylation sites is 1. The Morgan fingerprint density at radius 2 is 0.940 bits per heavy atom. The van der Waals surface area contributed by atoms with E-state index in [1.54, 1.807) is 24.3 Å². The number of anilines is 2. The Balaban J connectivity index is 0.00000666. The number of hydrogen-bond acceptors (Lipinski definition) is 17. The number of phenolic OH excluding ortho intramolecular Hbond substituents is 1. The van der Waals surface area contributed by atoms with Crippen molar-refractivity contribution in [2.45, 2.75) is 19.6 Å². The summed E-state index contributed by atoms with van der Waals surface area (Å²) < 4.78 is 139. The molecule has 0 amide bonds. The predicted molar refractivity (Wildman–Crippen MR) is 240 cm³/mol. The molecule has 334 valence electrons. The average Bonchev–Trinajstić information content (AvgIpc) is 3.26. The van der Waals surface area contributed by atoms with Gasteiger partial charge in [0.05, 0.1) is 43.1 Å². The molecule has 0 aromatic heterocycles. The van der Waals surface area contributed by atoms with Gasteiger partial charge in [-0.1, -0.05) is 36.4 Å². The number of hydrogen-bond donors (Lipinski definition) is 5. The Kier molecular flexibility index (Phi) is 13.5. The van der Waals surface area contributed by atoms with Crippen molar-refractivity contribution < 1.29 is 86.5 Å². The Labute approximate surface area is 402 Å². The summed E-state index contributed by atoms with van der Waals surface area (Å²) in [6, 6.07) is 31.8. The van der Waals surface area contributed by atoms with Crippen LogP contribution in [0.1, 0.15) is 0 Å². The van der Waals surface area contributed by atoms with Crippen LogP contribution in [0.15, 0.2) is 190 Å². The molecule has 5 N–H and O–H groups in total. The molecule has 0 radical (unpaired) electrons. The Morgan fingerprint density at radius 1 is 0.433 bits per heavy atom. The van der Waals surface area contributed by atoms with Crippen molar-refractivity contribution in [1.82, 2.24) is 0 Å². The fourth-order valence-electron chi connectivity index (χ4n) is 6.70. The summed E-state index contributed by atoms with van der Waals surface area (Å²) in [4.78, 5) is -2.43. The summed E-state index contributed by atoms with van der Waals surface area (Å²) in [6.07, 6.45) is 0. The molecule has 0 heterocycles. The topological polar surface area (TPSA) is 327 Å². The molecular weight excluding hydrogens is 962 g/mol. The number of azo groups is 3. The number of nitrogens with zero attached hydrogens (tertiary/aromatic N) is 6. The minimum Gasteiger partial charge on any atom is -0.744 e. The molecule has 0 atom stereocenters. The molecule has 67 heavy (non-hydrogen) atoms. The number of nitrogens with one attached hydrogen (secondary N) is 1. The Bertz CT molecular complexity index is 3880. The van der Waals surface area contributed by atoms with Crippen molar-refractivity contribution in [3.63, 3.8) is 0 Å². The van der Waals surface area contributed by atoms with E-state index < -0.39 is 71.5 Å². The van der Waals surface area contributed by atoms with E-state index >= 15 is 0 Å². The summed E-state index contributed by atoms with van der Waals surface area (Å²) in [7, 11) is -19.4. The number of phenols is 1. The van der Waals surface area contributed by atoms with Crippen LogP contribution in [-0.4, -0.2) is 57.0 Å². The molecule has 20 nitrogen and oxygen atoms in total. The molecule has 8 aromatic carbocycles. The quantitative estimate of drug-likeness (QED) is 0.0450. The number of rotatable bonds is 12. The largest absolute Gasteiger partial charge is 1.00 e. The maximum atomic E-state index is 12.7. The van der Waals surface area contributed by atoms with Crippen LogP contribution in [0.3, 0.4) is 0 Å². The van der Waals surface area contributed by atoms with Crippen LogP contribution >= 0.6 is 0 Å². The number of aromatic hydroxyl groups is 1. The van der Waals surface area contributed by atoms with Crippen molar-refractivity contribution in [3.8, 4) is 5.75 Å². The molecule has 0 saturated carbocycles. The predicted octanol–water partition coefficient (Wildman–Crippen LogP) is 7.49. The molecule has 0 saturated heterocycles. The molecule has 0 fully saturated rings. The first-order chi connectivity index (χ1) is 31.1. The molecule has 25 heteroatoms. The monoisotopic (exact) mass is 989 g/mol. The third-order valence-corrected chi connectivity index (χ3v) is 13.2. The third-order valence-electron chi connectivity index (χ3n) is 9.77. The zero-order valence-electron chi connectivity index (χ0n) is 34.1.